The van der Waals surface area contributed by atoms with Crippen LogP contribution < -0.4 is 14.8 Å². The molecule has 0 aromatic heterocycles. The van der Waals surface area contributed by atoms with Crippen LogP contribution in [-0.2, 0) is 14.3 Å². The van der Waals surface area contributed by atoms with E-state index in [9.17, 15) is 4.79 Å². The van der Waals surface area contributed by atoms with Gasteiger partial charge >= 0.3 is 5.97 Å². The Morgan fingerprint density at radius 3 is 2.64 bits per heavy atom. The fraction of sp³-hybridized carbons (Fsp3) is 0.500. The van der Waals surface area contributed by atoms with Crippen LogP contribution in [0.2, 0.25) is 0 Å². The number of esters is 1. The van der Waals surface area contributed by atoms with Crippen LogP contribution in [0.3, 0.4) is 0 Å². The van der Waals surface area contributed by atoms with Gasteiger partial charge < -0.3 is 24.3 Å². The second-order valence-electron chi connectivity index (χ2n) is 5.88. The van der Waals surface area contributed by atoms with Crippen molar-refractivity contribution < 1.29 is 23.7 Å². The van der Waals surface area contributed by atoms with Gasteiger partial charge in [-0.05, 0) is 17.7 Å². The number of cyclic esters (lactones) is 1. The Kier molecular flexibility index (Phi) is 5.78. The van der Waals surface area contributed by atoms with Crippen molar-refractivity contribution in [2.75, 3.05) is 60.2 Å². The molecule has 0 radical (unpaired) electrons. The van der Waals surface area contributed by atoms with E-state index in [1.54, 1.807) is 26.4 Å². The van der Waals surface area contributed by atoms with Crippen LogP contribution in [0.4, 0.5) is 0 Å². The van der Waals surface area contributed by atoms with Crippen molar-refractivity contribution in [3.8, 4) is 11.5 Å². The number of carbonyl (C=O) groups excluding carboxylic acids is 1. The fourth-order valence-corrected chi connectivity index (χ4v) is 3.02. The quantitative estimate of drug-likeness (QED) is 0.734. The third kappa shape index (κ3) is 4.05. The topological polar surface area (TPSA) is 69.3 Å². The van der Waals surface area contributed by atoms with Gasteiger partial charge in [-0.15, -0.1) is 0 Å². The highest BCUT2D eigenvalue weighted by Gasteiger charge is 2.27. The summed E-state index contributed by atoms with van der Waals surface area (Å²) in [6.07, 6.45) is 0. The first-order valence-corrected chi connectivity index (χ1v) is 8.39. The van der Waals surface area contributed by atoms with Crippen LogP contribution >= 0.6 is 0 Å². The molecule has 1 N–H and O–H groups in total. The molecule has 0 aliphatic carbocycles. The summed E-state index contributed by atoms with van der Waals surface area (Å²) in [5, 5.41) is 3.35. The highest BCUT2D eigenvalue weighted by Crippen LogP contribution is 2.33. The van der Waals surface area contributed by atoms with Crippen LogP contribution in [0.25, 0.3) is 5.57 Å². The molecule has 7 heteroatoms. The molecule has 2 aliphatic rings. The zero-order chi connectivity index (χ0) is 17.6. The molecule has 0 saturated carbocycles. The van der Waals surface area contributed by atoms with Gasteiger partial charge in [-0.1, -0.05) is 6.07 Å². The van der Waals surface area contributed by atoms with Gasteiger partial charge in [-0.3, -0.25) is 4.90 Å². The molecule has 25 heavy (non-hydrogen) atoms. The molecular formula is C18H24N2O5. The lowest BCUT2D eigenvalue weighted by molar-refractivity contribution is -0.134. The Morgan fingerprint density at radius 1 is 1.16 bits per heavy atom. The van der Waals surface area contributed by atoms with Gasteiger partial charge in [-0.2, -0.15) is 0 Å². The number of nitrogens with zero attached hydrogens (tertiary/aromatic N) is 1. The average molecular weight is 348 g/mol. The molecule has 136 valence electrons. The number of methoxy groups -OCH3 is 2. The van der Waals surface area contributed by atoms with Gasteiger partial charge in [0.2, 0.25) is 0 Å². The molecule has 7 nitrogen and oxygen atoms in total. The Morgan fingerprint density at radius 2 is 1.92 bits per heavy atom. The van der Waals surface area contributed by atoms with Crippen LogP contribution in [-0.4, -0.2) is 71.1 Å². The molecule has 1 aromatic rings. The standard InChI is InChI=1S/C18H24N2O5/c1-22-15-4-3-13(11-16(15)23-2)17-14(12-25-18(17)21)19-5-6-20-7-9-24-10-8-20/h3-4,11,19H,5-10,12H2,1-2H3. The second kappa shape index (κ2) is 8.22. The normalized spacial score (nSPS) is 18.2. The zero-order valence-electron chi connectivity index (χ0n) is 14.7. The van der Waals surface area contributed by atoms with Crippen molar-refractivity contribution in [3.63, 3.8) is 0 Å². The van der Waals surface area contributed by atoms with E-state index in [1.807, 2.05) is 6.07 Å². The van der Waals surface area contributed by atoms with Crippen LogP contribution in [0.5, 0.6) is 11.5 Å². The minimum Gasteiger partial charge on any atom is -0.493 e. The monoisotopic (exact) mass is 348 g/mol. The Bertz CT molecular complexity index is 653. The fourth-order valence-electron chi connectivity index (χ4n) is 3.02. The summed E-state index contributed by atoms with van der Waals surface area (Å²) in [4.78, 5) is 14.5. The first-order valence-electron chi connectivity index (χ1n) is 8.39. The van der Waals surface area contributed by atoms with E-state index in [0.717, 1.165) is 50.7 Å². The maximum Gasteiger partial charge on any atom is 0.341 e. The highest BCUT2D eigenvalue weighted by atomic mass is 16.5. The number of carbonyl (C=O) groups is 1. The van der Waals surface area contributed by atoms with Gasteiger partial charge in [0.25, 0.3) is 0 Å². The molecule has 1 aromatic carbocycles. The van der Waals surface area contributed by atoms with Crippen molar-refractivity contribution in [2.24, 2.45) is 0 Å². The summed E-state index contributed by atoms with van der Waals surface area (Å²) in [5.41, 5.74) is 2.13. The molecule has 0 unspecified atom stereocenters. The number of morpholine rings is 1. The van der Waals surface area contributed by atoms with E-state index >= 15 is 0 Å². The van der Waals surface area contributed by atoms with Crippen molar-refractivity contribution in [3.05, 3.63) is 29.5 Å². The number of hydrogen-bond donors (Lipinski definition) is 1. The SMILES string of the molecule is COc1ccc(C2=C(NCCN3CCOCC3)COC2=O)cc1OC. The third-order valence-corrected chi connectivity index (χ3v) is 4.40. The minimum atomic E-state index is -0.318. The largest absolute Gasteiger partial charge is 0.493 e. The smallest absolute Gasteiger partial charge is 0.341 e. The Balaban J connectivity index is 1.72. The first kappa shape index (κ1) is 17.6. The van der Waals surface area contributed by atoms with E-state index in [0.29, 0.717) is 17.1 Å². The molecule has 1 saturated heterocycles. The van der Waals surface area contributed by atoms with Crippen molar-refractivity contribution in [2.45, 2.75) is 0 Å². The lowest BCUT2D eigenvalue weighted by atomic mass is 10.0. The maximum absolute atomic E-state index is 12.2. The number of rotatable bonds is 7. The van der Waals surface area contributed by atoms with E-state index in [2.05, 4.69) is 10.2 Å². The van der Waals surface area contributed by atoms with Gasteiger partial charge in [-0.25, -0.2) is 4.79 Å². The summed E-state index contributed by atoms with van der Waals surface area (Å²) in [6.45, 7) is 5.37. The minimum absolute atomic E-state index is 0.269. The molecule has 0 bridgehead atoms. The van der Waals surface area contributed by atoms with Crippen LogP contribution in [0, 0.1) is 0 Å². The lowest BCUT2D eigenvalue weighted by Crippen LogP contribution is -2.40. The second-order valence-corrected chi connectivity index (χ2v) is 5.88. The molecule has 1 fully saturated rings. The van der Waals surface area contributed by atoms with Crippen molar-refractivity contribution in [1.29, 1.82) is 0 Å². The number of nitrogens with one attached hydrogen (secondary N) is 1. The Labute approximate surface area is 147 Å². The molecule has 0 amide bonds. The number of hydrogen-bond acceptors (Lipinski definition) is 7. The predicted octanol–water partition coefficient (Wildman–Crippen LogP) is 0.893. The summed E-state index contributed by atoms with van der Waals surface area (Å²) < 4.78 is 21.2. The van der Waals surface area contributed by atoms with Gasteiger partial charge in [0.05, 0.1) is 38.7 Å². The summed E-state index contributed by atoms with van der Waals surface area (Å²) in [7, 11) is 3.16. The molecule has 3 rings (SSSR count). The van der Waals surface area contributed by atoms with E-state index in [4.69, 9.17) is 18.9 Å². The third-order valence-electron chi connectivity index (χ3n) is 4.40. The zero-order valence-corrected chi connectivity index (χ0v) is 14.7. The average Bonchev–Trinajstić information content (AvgIpc) is 3.02. The van der Waals surface area contributed by atoms with E-state index in [-0.39, 0.29) is 12.6 Å². The van der Waals surface area contributed by atoms with Crippen molar-refractivity contribution in [1.82, 2.24) is 10.2 Å². The first-order chi connectivity index (χ1) is 12.2. The van der Waals surface area contributed by atoms with Crippen molar-refractivity contribution >= 4 is 11.5 Å². The lowest BCUT2D eigenvalue weighted by Gasteiger charge is -2.26. The summed E-state index contributed by atoms with van der Waals surface area (Å²) in [5.74, 6) is 0.890. The van der Waals surface area contributed by atoms with E-state index in [1.165, 1.54) is 0 Å². The summed E-state index contributed by atoms with van der Waals surface area (Å²) in [6, 6.07) is 5.43. The molecular weight excluding hydrogens is 324 g/mol. The van der Waals surface area contributed by atoms with Gasteiger partial charge in [0, 0.05) is 26.2 Å². The number of ether oxygens (including phenoxy) is 4. The van der Waals surface area contributed by atoms with Crippen LogP contribution in [0.15, 0.2) is 23.9 Å². The molecule has 0 atom stereocenters. The van der Waals surface area contributed by atoms with Gasteiger partial charge in [0.15, 0.2) is 11.5 Å². The highest BCUT2D eigenvalue weighted by molar-refractivity contribution is 6.19. The maximum atomic E-state index is 12.2. The Hall–Kier alpha value is -2.25. The molecule has 2 aliphatic heterocycles. The van der Waals surface area contributed by atoms with E-state index < -0.39 is 0 Å². The molecule has 0 spiro atoms. The van der Waals surface area contributed by atoms with Gasteiger partial charge in [0.1, 0.15) is 6.61 Å². The number of benzene rings is 1. The summed E-state index contributed by atoms with van der Waals surface area (Å²) >= 11 is 0. The molecule has 2 heterocycles. The predicted molar refractivity (Wildman–Crippen MR) is 92.7 cm³/mol. The van der Waals surface area contributed by atoms with Crippen LogP contribution in [0.1, 0.15) is 5.56 Å².